The smallest absolute Gasteiger partial charge is 0.305 e. The minimum absolute atomic E-state index is 0.0516. The summed E-state index contributed by atoms with van der Waals surface area (Å²) in [4.78, 5) is 29.0. The number of carbonyl (C=O) groups excluding carboxylic acids is 1. The van der Waals surface area contributed by atoms with Crippen molar-refractivity contribution in [3.63, 3.8) is 0 Å². The number of carbonyl (C=O) groups is 1. The number of nitrogens with one attached hydrogen (secondary N) is 3. The summed E-state index contributed by atoms with van der Waals surface area (Å²) in [7, 11) is 0. The Kier molecular flexibility index (Phi) is 10.4. The van der Waals surface area contributed by atoms with Crippen molar-refractivity contribution in [2.24, 2.45) is 5.41 Å². The lowest BCUT2D eigenvalue weighted by Crippen LogP contribution is -2.40. The number of phenolic OH excluding ortho intramolecular Hbond substituents is 1. The fourth-order valence-corrected chi connectivity index (χ4v) is 5.31. The molecule has 0 atom stereocenters. The summed E-state index contributed by atoms with van der Waals surface area (Å²) in [6, 6.07) is 11.2. The highest BCUT2D eigenvalue weighted by Gasteiger charge is 2.17. The van der Waals surface area contributed by atoms with Gasteiger partial charge in [0.15, 0.2) is 0 Å². The van der Waals surface area contributed by atoms with Crippen molar-refractivity contribution in [1.29, 1.82) is 0 Å². The second kappa shape index (κ2) is 13.2. The van der Waals surface area contributed by atoms with Crippen LogP contribution in [0.2, 0.25) is 5.02 Å². The lowest BCUT2D eigenvalue weighted by atomic mass is 9.96. The number of H-pyrrole nitrogens is 1. The van der Waals surface area contributed by atoms with E-state index >= 15 is 0 Å². The van der Waals surface area contributed by atoms with Gasteiger partial charge in [-0.25, -0.2) is 0 Å². The van der Waals surface area contributed by atoms with Crippen molar-refractivity contribution in [2.45, 2.75) is 40.0 Å². The monoisotopic (exact) mass is 532 g/mol. The number of halogens is 1. The Morgan fingerprint density at radius 2 is 1.81 bits per heavy atom. The minimum Gasteiger partial charge on any atom is -0.506 e. The third kappa shape index (κ3) is 8.92. The van der Waals surface area contributed by atoms with E-state index in [0.29, 0.717) is 31.4 Å². The van der Waals surface area contributed by atoms with Gasteiger partial charge < -0.3 is 25.6 Å². The summed E-state index contributed by atoms with van der Waals surface area (Å²) < 4.78 is 0.816. The number of nitrogens with zero attached hydrogens (tertiary/aromatic N) is 1. The summed E-state index contributed by atoms with van der Waals surface area (Å²) in [6.07, 6.45) is 1.93. The lowest BCUT2D eigenvalue weighted by molar-refractivity contribution is -0.121. The van der Waals surface area contributed by atoms with Gasteiger partial charge in [0.1, 0.15) is 11.3 Å². The highest BCUT2D eigenvalue weighted by molar-refractivity contribution is 7.16. The molecule has 1 heterocycles. The van der Waals surface area contributed by atoms with E-state index in [1.165, 1.54) is 0 Å². The number of thiazole rings is 1. The molecule has 7 nitrogen and oxygen atoms in total. The van der Waals surface area contributed by atoms with Crippen LogP contribution in [0.5, 0.6) is 5.75 Å². The molecule has 0 unspecified atom stereocenters. The number of benzene rings is 2. The number of phenols is 1. The molecule has 3 rings (SSSR count). The molecule has 0 aliphatic heterocycles. The third-order valence-corrected chi connectivity index (χ3v) is 7.17. The number of hydrogen-bond donors (Lipinski definition) is 4. The zero-order valence-electron chi connectivity index (χ0n) is 21.3. The van der Waals surface area contributed by atoms with Crippen molar-refractivity contribution in [3.8, 4) is 5.75 Å². The van der Waals surface area contributed by atoms with Crippen LogP contribution in [0.1, 0.15) is 38.3 Å². The van der Waals surface area contributed by atoms with E-state index < -0.39 is 0 Å². The van der Waals surface area contributed by atoms with E-state index in [1.807, 2.05) is 30.3 Å². The fraction of sp³-hybridized carbons (Fsp3) is 0.481. The topological polar surface area (TPSA) is 97.5 Å². The van der Waals surface area contributed by atoms with Gasteiger partial charge in [-0.3, -0.25) is 9.59 Å². The van der Waals surface area contributed by atoms with Gasteiger partial charge in [-0.05, 0) is 48.1 Å². The zero-order chi connectivity index (χ0) is 26.1. The van der Waals surface area contributed by atoms with Crippen molar-refractivity contribution in [3.05, 3.63) is 62.2 Å². The molecule has 4 N–H and O–H groups in total. The second-order valence-corrected chi connectivity index (χ2v) is 11.6. The first kappa shape index (κ1) is 28.2. The molecule has 1 aromatic heterocycles. The summed E-state index contributed by atoms with van der Waals surface area (Å²) in [5.74, 6) is 0.154. The molecule has 0 spiro atoms. The Hall–Kier alpha value is -2.39. The molecule has 196 valence electrons. The molecule has 2 aromatic carbocycles. The molecule has 1 amide bonds. The molecule has 3 aromatic rings. The van der Waals surface area contributed by atoms with E-state index in [-0.39, 0.29) is 21.9 Å². The Morgan fingerprint density at radius 1 is 1.06 bits per heavy atom. The molecule has 9 heteroatoms. The number of rotatable bonds is 13. The maximum absolute atomic E-state index is 12.4. The number of aromatic nitrogens is 1. The van der Waals surface area contributed by atoms with Crippen LogP contribution in [-0.4, -0.2) is 60.2 Å². The van der Waals surface area contributed by atoms with Crippen molar-refractivity contribution in [1.82, 2.24) is 20.5 Å². The molecule has 0 aliphatic rings. The molecule has 0 saturated heterocycles. The first-order valence-corrected chi connectivity index (χ1v) is 13.6. The number of hydrogen-bond acceptors (Lipinski definition) is 6. The SMILES string of the molecule is CC(C)(C)CN(CCNCCc1ccc(O)c2[nH]c(=O)sc12)CCC(=O)NCCc1ccccc1Cl. The highest BCUT2D eigenvalue weighted by Crippen LogP contribution is 2.27. The summed E-state index contributed by atoms with van der Waals surface area (Å²) >= 11 is 7.32. The van der Waals surface area contributed by atoms with Crippen LogP contribution in [0.15, 0.2) is 41.2 Å². The van der Waals surface area contributed by atoms with Crippen LogP contribution in [0, 0.1) is 5.41 Å². The van der Waals surface area contributed by atoms with Gasteiger partial charge in [-0.2, -0.15) is 0 Å². The third-order valence-electron chi connectivity index (χ3n) is 5.84. The van der Waals surface area contributed by atoms with Crippen LogP contribution in [0.25, 0.3) is 10.2 Å². The first-order chi connectivity index (χ1) is 17.1. The Bertz CT molecular complexity index is 1200. The molecule has 0 saturated carbocycles. The number of aromatic amines is 1. The maximum Gasteiger partial charge on any atom is 0.305 e. The quantitative estimate of drug-likeness (QED) is 0.248. The Balaban J connectivity index is 1.41. The Labute approximate surface area is 221 Å². The van der Waals surface area contributed by atoms with Gasteiger partial charge >= 0.3 is 4.87 Å². The molecule has 0 fully saturated rings. The molecule has 36 heavy (non-hydrogen) atoms. The van der Waals surface area contributed by atoms with E-state index in [2.05, 4.69) is 41.3 Å². The van der Waals surface area contributed by atoms with Crippen LogP contribution in [-0.2, 0) is 17.6 Å². The number of amides is 1. The van der Waals surface area contributed by atoms with Gasteiger partial charge in [-0.15, -0.1) is 0 Å². The molecular formula is C27H37ClN4O3S. The predicted molar refractivity (Wildman–Crippen MR) is 149 cm³/mol. The van der Waals surface area contributed by atoms with Crippen LogP contribution >= 0.6 is 22.9 Å². The van der Waals surface area contributed by atoms with E-state index in [0.717, 1.165) is 64.8 Å². The standard InChI is InChI=1S/C27H37ClN4O3S/c1-27(2,3)18-32(16-12-23(34)30-14-11-19-6-4-5-7-21(19)28)17-15-29-13-10-20-8-9-22(33)24-25(20)36-26(35)31-24/h4-9,29,33H,10-18H2,1-3H3,(H,30,34)(H,31,35). The fourth-order valence-electron chi connectivity index (χ4n) is 4.18. The minimum atomic E-state index is -0.161. The van der Waals surface area contributed by atoms with Gasteiger partial charge in [0.05, 0.1) is 4.70 Å². The highest BCUT2D eigenvalue weighted by atomic mass is 35.5. The summed E-state index contributed by atoms with van der Waals surface area (Å²) in [5.41, 5.74) is 2.73. The molecular weight excluding hydrogens is 496 g/mol. The van der Waals surface area contributed by atoms with Gasteiger partial charge in [0.25, 0.3) is 0 Å². The molecule has 0 radical (unpaired) electrons. The summed E-state index contributed by atoms with van der Waals surface area (Å²) in [5, 5.41) is 17.2. The van der Waals surface area contributed by atoms with Crippen LogP contribution in [0.3, 0.4) is 0 Å². The lowest BCUT2D eigenvalue weighted by Gasteiger charge is -2.30. The van der Waals surface area contributed by atoms with Crippen LogP contribution < -0.4 is 15.5 Å². The largest absolute Gasteiger partial charge is 0.506 e. The average molecular weight is 533 g/mol. The van der Waals surface area contributed by atoms with E-state index in [9.17, 15) is 14.7 Å². The number of fused-ring (bicyclic) bond motifs is 1. The average Bonchev–Trinajstić information content (AvgIpc) is 3.21. The molecule has 0 aliphatic carbocycles. The summed E-state index contributed by atoms with van der Waals surface area (Å²) in [6.45, 7) is 11.2. The van der Waals surface area contributed by atoms with Crippen molar-refractivity contribution in [2.75, 3.05) is 39.3 Å². The van der Waals surface area contributed by atoms with E-state index in [1.54, 1.807) is 6.07 Å². The molecule has 0 bridgehead atoms. The van der Waals surface area contributed by atoms with Gasteiger partial charge in [-0.1, -0.05) is 68.0 Å². The number of aromatic hydroxyl groups is 1. The zero-order valence-corrected chi connectivity index (χ0v) is 22.9. The van der Waals surface area contributed by atoms with Gasteiger partial charge in [0.2, 0.25) is 5.91 Å². The predicted octanol–water partition coefficient (Wildman–Crippen LogP) is 4.18. The van der Waals surface area contributed by atoms with Crippen molar-refractivity contribution < 1.29 is 9.90 Å². The normalized spacial score (nSPS) is 11.9. The van der Waals surface area contributed by atoms with Crippen molar-refractivity contribution >= 4 is 39.1 Å². The maximum atomic E-state index is 12.4. The second-order valence-electron chi connectivity index (χ2n) is 10.2. The van der Waals surface area contributed by atoms with Gasteiger partial charge in [0, 0.05) is 44.2 Å². The first-order valence-electron chi connectivity index (χ1n) is 12.4. The Morgan fingerprint density at radius 3 is 2.56 bits per heavy atom. The van der Waals surface area contributed by atoms with Crippen LogP contribution in [0.4, 0.5) is 0 Å². The van der Waals surface area contributed by atoms with E-state index in [4.69, 9.17) is 11.6 Å².